The third-order valence-electron chi connectivity index (χ3n) is 2.27. The van der Waals surface area contributed by atoms with Gasteiger partial charge >= 0.3 is 0 Å². The first-order valence-electron chi connectivity index (χ1n) is 5.39. The Hall–Kier alpha value is -0.640. The standard InChI is InChI=1S/C12H18ClFN2/c1-16(2)7-3-6-15-9-10-4-5-12(14)11(13)8-10/h4-5,8,15H,3,6-7,9H2,1-2H3. The first-order chi connectivity index (χ1) is 7.59. The van der Waals surface area contributed by atoms with Crippen molar-refractivity contribution in [1.82, 2.24) is 10.2 Å². The molecule has 4 heteroatoms. The molecule has 1 N–H and O–H groups in total. The van der Waals surface area contributed by atoms with Gasteiger partial charge in [-0.15, -0.1) is 0 Å². The van der Waals surface area contributed by atoms with Crippen LogP contribution in [0.4, 0.5) is 4.39 Å². The van der Waals surface area contributed by atoms with Crippen LogP contribution in [-0.2, 0) is 6.54 Å². The lowest BCUT2D eigenvalue weighted by molar-refractivity contribution is 0.394. The predicted octanol–water partition coefficient (Wildman–Crippen LogP) is 2.52. The Kier molecular flexibility index (Phi) is 5.74. The monoisotopic (exact) mass is 244 g/mol. The van der Waals surface area contributed by atoms with Crippen LogP contribution in [-0.4, -0.2) is 32.1 Å². The number of benzene rings is 1. The van der Waals surface area contributed by atoms with Gasteiger partial charge in [0.1, 0.15) is 5.82 Å². The van der Waals surface area contributed by atoms with E-state index in [0.717, 1.165) is 31.6 Å². The summed E-state index contributed by atoms with van der Waals surface area (Å²) in [5.74, 6) is -0.363. The summed E-state index contributed by atoms with van der Waals surface area (Å²) in [5.41, 5.74) is 1.01. The fraction of sp³-hybridized carbons (Fsp3) is 0.500. The van der Waals surface area contributed by atoms with Crippen LogP contribution in [0.2, 0.25) is 5.02 Å². The van der Waals surface area contributed by atoms with E-state index in [1.807, 2.05) is 0 Å². The second kappa shape index (κ2) is 6.84. The molecule has 1 aromatic rings. The maximum absolute atomic E-state index is 12.9. The van der Waals surface area contributed by atoms with Crippen LogP contribution in [0.25, 0.3) is 0 Å². The maximum atomic E-state index is 12.9. The number of halogens is 2. The summed E-state index contributed by atoms with van der Waals surface area (Å²) in [5, 5.41) is 3.48. The first kappa shape index (κ1) is 13.4. The molecule has 2 nitrogen and oxygen atoms in total. The lowest BCUT2D eigenvalue weighted by Crippen LogP contribution is -2.21. The smallest absolute Gasteiger partial charge is 0.141 e. The van der Waals surface area contributed by atoms with Crippen LogP contribution in [0.1, 0.15) is 12.0 Å². The fourth-order valence-corrected chi connectivity index (χ4v) is 1.61. The fourth-order valence-electron chi connectivity index (χ4n) is 1.40. The summed E-state index contributed by atoms with van der Waals surface area (Å²) >= 11 is 5.69. The van der Waals surface area contributed by atoms with E-state index in [9.17, 15) is 4.39 Å². The van der Waals surface area contributed by atoms with Gasteiger partial charge in [0.25, 0.3) is 0 Å². The third-order valence-corrected chi connectivity index (χ3v) is 2.56. The van der Waals surface area contributed by atoms with Crippen molar-refractivity contribution in [3.8, 4) is 0 Å². The van der Waals surface area contributed by atoms with Crippen molar-refractivity contribution < 1.29 is 4.39 Å². The normalized spacial score (nSPS) is 11.1. The highest BCUT2D eigenvalue weighted by atomic mass is 35.5. The number of nitrogens with one attached hydrogen (secondary N) is 1. The summed E-state index contributed by atoms with van der Waals surface area (Å²) in [4.78, 5) is 2.15. The van der Waals surface area contributed by atoms with E-state index < -0.39 is 0 Å². The van der Waals surface area contributed by atoms with Crippen molar-refractivity contribution in [2.24, 2.45) is 0 Å². The Morgan fingerprint density at radius 1 is 1.38 bits per heavy atom. The molecule has 0 aliphatic carbocycles. The number of rotatable bonds is 6. The SMILES string of the molecule is CN(C)CCCNCc1ccc(F)c(Cl)c1. The molecule has 0 heterocycles. The largest absolute Gasteiger partial charge is 0.313 e. The third kappa shape index (κ3) is 4.92. The van der Waals surface area contributed by atoms with Gasteiger partial charge in [-0.25, -0.2) is 4.39 Å². The van der Waals surface area contributed by atoms with Crippen molar-refractivity contribution in [2.45, 2.75) is 13.0 Å². The molecule has 0 aliphatic rings. The van der Waals surface area contributed by atoms with Gasteiger partial charge in [-0.2, -0.15) is 0 Å². The predicted molar refractivity (Wildman–Crippen MR) is 66.3 cm³/mol. The number of hydrogen-bond acceptors (Lipinski definition) is 2. The molecule has 0 amide bonds. The van der Waals surface area contributed by atoms with Gasteiger partial charge in [-0.05, 0) is 51.3 Å². The molecule has 0 bridgehead atoms. The van der Waals surface area contributed by atoms with Crippen molar-refractivity contribution >= 4 is 11.6 Å². The molecule has 1 rings (SSSR count). The summed E-state index contributed by atoms with van der Waals surface area (Å²) in [6.07, 6.45) is 1.10. The molecule has 0 spiro atoms. The minimum atomic E-state index is -0.363. The Labute approximate surface area is 101 Å². The molecule has 16 heavy (non-hydrogen) atoms. The highest BCUT2D eigenvalue weighted by molar-refractivity contribution is 6.30. The average molecular weight is 245 g/mol. The van der Waals surface area contributed by atoms with Crippen molar-refractivity contribution in [2.75, 3.05) is 27.2 Å². The van der Waals surface area contributed by atoms with Crippen LogP contribution in [0.15, 0.2) is 18.2 Å². The Balaban J connectivity index is 2.24. The Bertz CT molecular complexity index is 329. The zero-order valence-electron chi connectivity index (χ0n) is 9.76. The second-order valence-electron chi connectivity index (χ2n) is 4.08. The van der Waals surface area contributed by atoms with Gasteiger partial charge < -0.3 is 10.2 Å². The molecule has 0 aromatic heterocycles. The quantitative estimate of drug-likeness (QED) is 0.774. The average Bonchev–Trinajstić information content (AvgIpc) is 2.22. The maximum Gasteiger partial charge on any atom is 0.141 e. The van der Waals surface area contributed by atoms with Crippen LogP contribution in [0.3, 0.4) is 0 Å². The summed E-state index contributed by atoms with van der Waals surface area (Å²) in [6, 6.07) is 4.81. The van der Waals surface area contributed by atoms with Crippen LogP contribution in [0.5, 0.6) is 0 Å². The van der Waals surface area contributed by atoms with Crippen molar-refractivity contribution in [1.29, 1.82) is 0 Å². The van der Waals surface area contributed by atoms with E-state index in [4.69, 9.17) is 11.6 Å². The molecule has 90 valence electrons. The van der Waals surface area contributed by atoms with Gasteiger partial charge in [-0.1, -0.05) is 17.7 Å². The minimum Gasteiger partial charge on any atom is -0.313 e. The molecule has 0 unspecified atom stereocenters. The molecular formula is C12H18ClFN2. The zero-order chi connectivity index (χ0) is 12.0. The topological polar surface area (TPSA) is 15.3 Å². The van der Waals surface area contributed by atoms with Crippen LogP contribution >= 0.6 is 11.6 Å². The lowest BCUT2D eigenvalue weighted by Gasteiger charge is -2.10. The van der Waals surface area contributed by atoms with Gasteiger partial charge in [0.2, 0.25) is 0 Å². The van der Waals surface area contributed by atoms with Gasteiger partial charge in [0.05, 0.1) is 5.02 Å². The van der Waals surface area contributed by atoms with E-state index in [-0.39, 0.29) is 10.8 Å². The van der Waals surface area contributed by atoms with Crippen molar-refractivity contribution in [3.63, 3.8) is 0 Å². The van der Waals surface area contributed by atoms with Crippen LogP contribution in [0, 0.1) is 5.82 Å². The van der Waals surface area contributed by atoms with Crippen molar-refractivity contribution in [3.05, 3.63) is 34.6 Å². The molecule has 0 radical (unpaired) electrons. The number of hydrogen-bond donors (Lipinski definition) is 1. The Morgan fingerprint density at radius 3 is 2.75 bits per heavy atom. The molecule has 0 atom stereocenters. The van der Waals surface area contributed by atoms with Gasteiger partial charge in [0.15, 0.2) is 0 Å². The van der Waals surface area contributed by atoms with E-state index in [2.05, 4.69) is 24.3 Å². The second-order valence-corrected chi connectivity index (χ2v) is 4.49. The summed E-state index contributed by atoms with van der Waals surface area (Å²) in [7, 11) is 4.11. The molecule has 0 fully saturated rings. The van der Waals surface area contributed by atoms with E-state index in [1.165, 1.54) is 6.07 Å². The molecular weight excluding hydrogens is 227 g/mol. The van der Waals surface area contributed by atoms with E-state index >= 15 is 0 Å². The first-order valence-corrected chi connectivity index (χ1v) is 5.77. The van der Waals surface area contributed by atoms with Gasteiger partial charge in [0, 0.05) is 6.54 Å². The highest BCUT2D eigenvalue weighted by Crippen LogP contribution is 2.15. The summed E-state index contributed by atoms with van der Waals surface area (Å²) in [6.45, 7) is 2.75. The zero-order valence-corrected chi connectivity index (χ0v) is 10.5. The lowest BCUT2D eigenvalue weighted by atomic mass is 10.2. The van der Waals surface area contributed by atoms with E-state index in [1.54, 1.807) is 12.1 Å². The highest BCUT2D eigenvalue weighted by Gasteiger charge is 2.00. The Morgan fingerprint density at radius 2 is 2.12 bits per heavy atom. The minimum absolute atomic E-state index is 0.188. The molecule has 0 saturated heterocycles. The number of nitrogens with zero attached hydrogens (tertiary/aromatic N) is 1. The summed E-state index contributed by atoms with van der Waals surface area (Å²) < 4.78 is 12.9. The van der Waals surface area contributed by atoms with E-state index in [0.29, 0.717) is 0 Å². The molecule has 0 saturated carbocycles. The van der Waals surface area contributed by atoms with Crippen LogP contribution < -0.4 is 5.32 Å². The molecule has 0 aliphatic heterocycles. The molecule has 1 aromatic carbocycles. The van der Waals surface area contributed by atoms with Gasteiger partial charge in [-0.3, -0.25) is 0 Å².